The molecule has 268 valence electrons. The minimum absolute atomic E-state index is 0.0244. The van der Waals surface area contributed by atoms with E-state index in [1.54, 1.807) is 24.3 Å². The van der Waals surface area contributed by atoms with Crippen molar-refractivity contribution in [3.63, 3.8) is 0 Å². The third kappa shape index (κ3) is 6.45. The maximum atomic E-state index is 13.8. The van der Waals surface area contributed by atoms with Crippen molar-refractivity contribution >= 4 is 46.1 Å². The molecule has 7 rings (SSSR count). The zero-order chi connectivity index (χ0) is 36.7. The van der Waals surface area contributed by atoms with Crippen molar-refractivity contribution < 1.29 is 47.3 Å². The van der Waals surface area contributed by atoms with Crippen molar-refractivity contribution in [3.8, 4) is 17.2 Å². The van der Waals surface area contributed by atoms with Gasteiger partial charge in [0.15, 0.2) is 11.5 Å². The molecule has 1 saturated heterocycles. The van der Waals surface area contributed by atoms with Gasteiger partial charge in [-0.05, 0) is 73.7 Å². The Morgan fingerprint density at radius 3 is 2.65 bits per heavy atom. The number of anilines is 1. The topological polar surface area (TPSA) is 176 Å². The van der Waals surface area contributed by atoms with Gasteiger partial charge in [0.25, 0.3) is 11.8 Å². The molecular weight excluding hydrogens is 680 g/mol. The lowest BCUT2D eigenvalue weighted by molar-refractivity contribution is -0.286. The summed E-state index contributed by atoms with van der Waals surface area (Å²) in [6.07, 6.45) is -0.409. The van der Waals surface area contributed by atoms with Crippen molar-refractivity contribution in [1.82, 2.24) is 20.5 Å². The van der Waals surface area contributed by atoms with Crippen molar-refractivity contribution in [2.75, 3.05) is 11.9 Å². The highest BCUT2D eigenvalue weighted by Crippen LogP contribution is 2.44. The number of piperidine rings is 1. The third-order valence-electron chi connectivity index (χ3n) is 9.34. The Bertz CT molecular complexity index is 2160. The summed E-state index contributed by atoms with van der Waals surface area (Å²) in [5, 5.41) is 20.3. The Hall–Kier alpha value is -6.12. The Morgan fingerprint density at radius 2 is 1.85 bits per heavy atom. The number of hydrogen-bond acceptors (Lipinski definition) is 10. The zero-order valence-corrected chi connectivity index (χ0v) is 27.8. The maximum absolute atomic E-state index is 13.8. The van der Waals surface area contributed by atoms with Gasteiger partial charge in [-0.3, -0.25) is 39.2 Å². The van der Waals surface area contributed by atoms with Crippen LogP contribution in [0.2, 0.25) is 0 Å². The number of hydrogen-bond donors (Lipinski definition) is 4. The van der Waals surface area contributed by atoms with Crippen LogP contribution in [-0.2, 0) is 14.4 Å². The predicted molar refractivity (Wildman–Crippen MR) is 181 cm³/mol. The van der Waals surface area contributed by atoms with Gasteiger partial charge in [0.05, 0.1) is 17.2 Å². The first-order valence-electron chi connectivity index (χ1n) is 16.8. The lowest BCUT2D eigenvalue weighted by atomic mass is 9.93. The van der Waals surface area contributed by atoms with Crippen LogP contribution in [-0.4, -0.2) is 63.4 Å². The molecule has 3 aliphatic rings. The van der Waals surface area contributed by atoms with Crippen LogP contribution in [0.4, 0.5) is 14.5 Å². The molecule has 0 saturated carbocycles. The molecule has 13 nitrogen and oxygen atoms in total. The molecule has 15 heteroatoms. The van der Waals surface area contributed by atoms with Gasteiger partial charge in [0.1, 0.15) is 17.3 Å². The van der Waals surface area contributed by atoms with Crippen LogP contribution in [0.5, 0.6) is 17.2 Å². The first-order valence-corrected chi connectivity index (χ1v) is 16.8. The number of nitrogens with zero attached hydrogens (tertiary/aromatic N) is 2. The molecule has 4 N–H and O–H groups in total. The first-order chi connectivity index (χ1) is 24.9. The number of pyridine rings is 1. The molecule has 0 radical (unpaired) electrons. The number of phenolic OH excluding ortho intramolecular Hbond substituents is 1. The number of aryl methyl sites for hydroxylation is 1. The number of aromatic nitrogens is 1. The Morgan fingerprint density at radius 1 is 1.04 bits per heavy atom. The van der Waals surface area contributed by atoms with Crippen molar-refractivity contribution in [2.24, 2.45) is 0 Å². The molecule has 5 amide bonds. The highest BCUT2D eigenvalue weighted by atomic mass is 19.3. The molecule has 52 heavy (non-hydrogen) atoms. The molecule has 1 aromatic heterocycles. The van der Waals surface area contributed by atoms with Crippen LogP contribution in [0.1, 0.15) is 82.0 Å². The van der Waals surface area contributed by atoms with Crippen LogP contribution in [0.25, 0.3) is 10.9 Å². The number of alkyl halides is 2. The number of rotatable bonds is 11. The maximum Gasteiger partial charge on any atom is 0.586 e. The quantitative estimate of drug-likeness (QED) is 0.124. The molecule has 3 aliphatic heterocycles. The summed E-state index contributed by atoms with van der Waals surface area (Å²) in [6, 6.07) is 12.3. The summed E-state index contributed by atoms with van der Waals surface area (Å²) in [4.78, 5) is 69.0. The molecule has 2 unspecified atom stereocenters. The van der Waals surface area contributed by atoms with Crippen LogP contribution >= 0.6 is 0 Å². The zero-order valence-electron chi connectivity index (χ0n) is 27.8. The molecule has 0 aliphatic carbocycles. The van der Waals surface area contributed by atoms with Gasteiger partial charge < -0.3 is 25.2 Å². The van der Waals surface area contributed by atoms with Crippen molar-refractivity contribution in [1.29, 1.82) is 0 Å². The largest absolute Gasteiger partial charge is 0.586 e. The number of phenols is 1. The van der Waals surface area contributed by atoms with E-state index in [0.717, 1.165) is 15.8 Å². The lowest BCUT2D eigenvalue weighted by Gasteiger charge is -2.27. The molecule has 0 bridgehead atoms. The standard InChI is InChI=1S/C37H33F2N5O8/c1-19-17-23(33(47)32-21(19)8-6-16-41-32)31(20-11-13-26-27(18-20)52-37(38,39)51-26)42-28(45)10-3-2-4-15-40-24-9-5-7-22-30(24)36(50)44(35(22)49)25-12-14-29(46)43-34(25)48/h5-9,11,13,16-18,25,31,40,47H,2-4,10,12,14-15H2,1H3,(H,42,45)(H,43,46,48). The summed E-state index contributed by atoms with van der Waals surface area (Å²) in [5.41, 5.74) is 2.59. The molecule has 1 fully saturated rings. The lowest BCUT2D eigenvalue weighted by Crippen LogP contribution is -2.54. The highest BCUT2D eigenvalue weighted by Gasteiger charge is 2.46. The number of benzene rings is 3. The average Bonchev–Trinajstić information content (AvgIpc) is 3.57. The number of nitrogens with one attached hydrogen (secondary N) is 3. The molecule has 3 aromatic carbocycles. The van der Waals surface area contributed by atoms with Gasteiger partial charge in [-0.1, -0.05) is 24.6 Å². The summed E-state index contributed by atoms with van der Waals surface area (Å²) >= 11 is 0. The van der Waals surface area contributed by atoms with E-state index in [2.05, 4.69) is 30.4 Å². The van der Waals surface area contributed by atoms with Crippen LogP contribution in [0, 0.1) is 6.92 Å². The SMILES string of the molecule is Cc1cc(C(NC(=O)CCCCCNc2cccc3c2C(=O)N(C2CCC(=O)NC2=O)C3=O)c2ccc3c(c2)OC(F)(F)O3)c(O)c2ncccc12. The normalized spacial score (nSPS) is 18.0. The summed E-state index contributed by atoms with van der Waals surface area (Å²) in [6.45, 7) is 2.26. The fraction of sp³-hybridized carbons (Fsp3) is 0.297. The first kappa shape index (κ1) is 34.3. The fourth-order valence-electron chi connectivity index (χ4n) is 6.84. The Labute approximate surface area is 295 Å². The van der Waals surface area contributed by atoms with Crippen molar-refractivity contribution in [3.05, 3.63) is 88.6 Å². The second kappa shape index (κ2) is 13.5. The van der Waals surface area contributed by atoms with Gasteiger partial charge in [-0.15, -0.1) is 8.78 Å². The minimum Gasteiger partial charge on any atom is -0.505 e. The monoisotopic (exact) mass is 713 g/mol. The second-order valence-electron chi connectivity index (χ2n) is 12.8. The Balaban J connectivity index is 0.989. The predicted octanol–water partition coefficient (Wildman–Crippen LogP) is 4.85. The second-order valence-corrected chi connectivity index (χ2v) is 12.8. The molecule has 4 heterocycles. The Kier molecular flexibility index (Phi) is 8.94. The van der Waals surface area contributed by atoms with E-state index in [-0.39, 0.29) is 53.5 Å². The molecule has 0 spiro atoms. The van der Waals surface area contributed by atoms with E-state index >= 15 is 0 Å². The molecular formula is C37H33F2N5O8. The van der Waals surface area contributed by atoms with Crippen molar-refractivity contribution in [2.45, 2.75) is 63.8 Å². The van der Waals surface area contributed by atoms with Crippen LogP contribution < -0.4 is 25.4 Å². The number of unbranched alkanes of at least 4 members (excludes halogenated alkanes) is 2. The van der Waals surface area contributed by atoms with E-state index in [1.807, 2.05) is 13.0 Å². The average molecular weight is 714 g/mol. The van der Waals surface area contributed by atoms with Gasteiger partial charge in [0, 0.05) is 42.2 Å². The number of aromatic hydroxyl groups is 1. The number of fused-ring (bicyclic) bond motifs is 3. The van der Waals surface area contributed by atoms with E-state index in [4.69, 9.17) is 0 Å². The van der Waals surface area contributed by atoms with Gasteiger partial charge in [-0.25, -0.2) is 0 Å². The van der Waals surface area contributed by atoms with Crippen LogP contribution in [0.15, 0.2) is 60.8 Å². The number of amides is 5. The van der Waals surface area contributed by atoms with Crippen LogP contribution in [0.3, 0.4) is 0 Å². The van der Waals surface area contributed by atoms with Gasteiger partial charge >= 0.3 is 6.29 Å². The summed E-state index contributed by atoms with van der Waals surface area (Å²) in [7, 11) is 0. The number of ether oxygens (including phenoxy) is 2. The summed E-state index contributed by atoms with van der Waals surface area (Å²) < 4.78 is 36.8. The smallest absolute Gasteiger partial charge is 0.505 e. The van der Waals surface area contributed by atoms with E-state index in [1.165, 1.54) is 30.5 Å². The van der Waals surface area contributed by atoms with Gasteiger partial charge in [-0.2, -0.15) is 0 Å². The highest BCUT2D eigenvalue weighted by molar-refractivity contribution is 6.25. The molecule has 2 atom stereocenters. The summed E-state index contributed by atoms with van der Waals surface area (Å²) in [5.74, 6) is -3.20. The van der Waals surface area contributed by atoms with E-state index < -0.39 is 42.0 Å². The third-order valence-corrected chi connectivity index (χ3v) is 9.34. The van der Waals surface area contributed by atoms with E-state index in [9.17, 15) is 37.9 Å². The number of carbonyl (C=O) groups is 5. The van der Waals surface area contributed by atoms with Gasteiger partial charge in [0.2, 0.25) is 17.7 Å². The van der Waals surface area contributed by atoms with E-state index in [0.29, 0.717) is 48.1 Å². The minimum atomic E-state index is -3.83. The number of halogens is 2. The molecule has 4 aromatic rings. The fourth-order valence-corrected chi connectivity index (χ4v) is 6.84. The number of imide groups is 2. The number of carbonyl (C=O) groups excluding carboxylic acids is 5.